The van der Waals surface area contributed by atoms with Crippen LogP contribution in [0, 0.1) is 23.7 Å². The third kappa shape index (κ3) is 11.8. The fourth-order valence-electron chi connectivity index (χ4n) is 7.36. The van der Waals surface area contributed by atoms with Crippen LogP contribution in [0.3, 0.4) is 0 Å². The molecule has 0 bridgehead atoms. The van der Waals surface area contributed by atoms with Gasteiger partial charge in [-0.15, -0.1) is 0 Å². The number of ketones is 1. The van der Waals surface area contributed by atoms with Crippen LogP contribution in [0.4, 0.5) is 0 Å². The van der Waals surface area contributed by atoms with Gasteiger partial charge in [0, 0.05) is 46.6 Å². The number of hydrogen-bond acceptors (Lipinski definition) is 9. The molecule has 0 saturated carbocycles. The Morgan fingerprint density at radius 3 is 2.08 bits per heavy atom. The molecule has 300 valence electrons. The molecule has 0 aliphatic carbocycles. The Kier molecular flexibility index (Phi) is 18.1. The molecule has 1 aliphatic rings. The fraction of sp³-hybridized carbons (Fsp3) is 0.732. The van der Waals surface area contributed by atoms with E-state index in [4.69, 9.17) is 14.2 Å². The van der Waals surface area contributed by atoms with E-state index in [1.807, 2.05) is 83.9 Å². The number of carbonyl (C=O) groups excluding carboxylic acids is 5. The summed E-state index contributed by atoms with van der Waals surface area (Å²) in [5, 5.41) is 2.86. The van der Waals surface area contributed by atoms with Gasteiger partial charge in [-0.2, -0.15) is 0 Å². The molecule has 0 spiro atoms. The molecule has 0 aromatic heterocycles. The lowest BCUT2D eigenvalue weighted by molar-refractivity contribution is -0.150. The number of likely N-dealkylation sites (tertiary alicyclic amines) is 1. The highest BCUT2D eigenvalue weighted by molar-refractivity contribution is 5.92. The third-order valence-electron chi connectivity index (χ3n) is 11.7. The number of amides is 3. The number of nitrogens with zero attached hydrogens (tertiary/aromatic N) is 3. The number of hydrogen-bond donors (Lipinski definition) is 1. The first-order valence-corrected chi connectivity index (χ1v) is 19.1. The molecule has 0 radical (unpaired) electrons. The van der Waals surface area contributed by atoms with Crippen LogP contribution in [0.25, 0.3) is 0 Å². The smallest absolute Gasteiger partial charge is 0.328 e. The summed E-state index contributed by atoms with van der Waals surface area (Å²) in [5.74, 6) is -2.53. The summed E-state index contributed by atoms with van der Waals surface area (Å²) in [4.78, 5) is 73.5. The van der Waals surface area contributed by atoms with Crippen LogP contribution >= 0.6 is 0 Å². The minimum absolute atomic E-state index is 0.00537. The van der Waals surface area contributed by atoms with Crippen molar-refractivity contribution in [1.29, 1.82) is 0 Å². The summed E-state index contributed by atoms with van der Waals surface area (Å²) in [6, 6.07) is 7.70. The normalized spacial score (nSPS) is 18.8. The number of likely N-dealkylation sites (N-methyl/N-ethyl adjacent to an activating group) is 2. The average Bonchev–Trinajstić information content (AvgIpc) is 3.62. The molecule has 8 atom stereocenters. The highest BCUT2D eigenvalue weighted by atomic mass is 16.5. The number of esters is 1. The largest absolute Gasteiger partial charge is 0.467 e. The zero-order valence-electron chi connectivity index (χ0n) is 34.6. The number of ether oxygens (including phenoxy) is 3. The highest BCUT2D eigenvalue weighted by Crippen LogP contribution is 2.31. The van der Waals surface area contributed by atoms with Crippen LogP contribution in [-0.4, -0.2) is 129 Å². The monoisotopic (exact) mass is 745 g/mol. The molecule has 2 rings (SSSR count). The van der Waals surface area contributed by atoms with Crippen molar-refractivity contribution in [3.63, 3.8) is 0 Å². The second-order valence-corrected chi connectivity index (χ2v) is 15.8. The van der Waals surface area contributed by atoms with Crippen molar-refractivity contribution < 1.29 is 38.2 Å². The standard InChI is InChI=1S/C41H68N4O8/c1-14-27(4)36(44(10)39(49)30(26(2)3)24-34(46)41(6,7)43(8)9)33(51-11)25-35(47)45-22-18-21-32(45)37(52-12)28(5)38(48)42-31(40(50)53-13)23-29-19-16-15-17-20-29/h15-17,19-20,26-28,30-33,36-37H,14,18,21-25H2,1-13H3,(H,42,48). The van der Waals surface area contributed by atoms with Crippen LogP contribution in [-0.2, 0) is 44.6 Å². The number of benzene rings is 1. The van der Waals surface area contributed by atoms with Crippen molar-refractivity contribution in [3.05, 3.63) is 35.9 Å². The zero-order chi connectivity index (χ0) is 40.2. The second kappa shape index (κ2) is 20.9. The van der Waals surface area contributed by atoms with Crippen molar-refractivity contribution in [2.24, 2.45) is 23.7 Å². The van der Waals surface area contributed by atoms with Gasteiger partial charge < -0.3 is 29.3 Å². The van der Waals surface area contributed by atoms with E-state index in [0.717, 1.165) is 18.4 Å². The number of rotatable bonds is 21. The van der Waals surface area contributed by atoms with Gasteiger partial charge in [0.05, 0.1) is 49.3 Å². The molecular formula is C41H68N4O8. The van der Waals surface area contributed by atoms with Gasteiger partial charge in [0.2, 0.25) is 17.7 Å². The molecule has 1 heterocycles. The Hall–Kier alpha value is -3.35. The van der Waals surface area contributed by atoms with E-state index in [-0.39, 0.29) is 60.6 Å². The first-order valence-electron chi connectivity index (χ1n) is 19.1. The van der Waals surface area contributed by atoms with Gasteiger partial charge in [-0.3, -0.25) is 24.1 Å². The Balaban J connectivity index is 2.28. The van der Waals surface area contributed by atoms with Crippen molar-refractivity contribution in [1.82, 2.24) is 20.0 Å². The molecule has 8 unspecified atom stereocenters. The highest BCUT2D eigenvalue weighted by Gasteiger charge is 2.44. The van der Waals surface area contributed by atoms with Gasteiger partial charge in [-0.05, 0) is 58.2 Å². The van der Waals surface area contributed by atoms with Gasteiger partial charge in [-0.1, -0.05) is 71.4 Å². The molecule has 3 amide bonds. The lowest BCUT2D eigenvalue weighted by Crippen LogP contribution is -2.55. The summed E-state index contributed by atoms with van der Waals surface area (Å²) in [6.45, 7) is 14.0. The number of methoxy groups -OCH3 is 3. The van der Waals surface area contributed by atoms with E-state index < -0.39 is 47.6 Å². The average molecular weight is 745 g/mol. The fourth-order valence-corrected chi connectivity index (χ4v) is 7.36. The van der Waals surface area contributed by atoms with Gasteiger partial charge in [0.15, 0.2) is 5.78 Å². The number of carbonyl (C=O) groups is 5. The maximum absolute atomic E-state index is 14.2. The first-order chi connectivity index (χ1) is 24.9. The lowest BCUT2D eigenvalue weighted by atomic mass is 9.82. The van der Waals surface area contributed by atoms with Gasteiger partial charge in [-0.25, -0.2) is 4.79 Å². The number of Topliss-reactive ketones (excluding diaryl/α,β-unsaturated/α-hetero) is 1. The maximum Gasteiger partial charge on any atom is 0.328 e. The molecule has 1 aromatic carbocycles. The van der Waals surface area contributed by atoms with Gasteiger partial charge in [0.1, 0.15) is 6.04 Å². The maximum atomic E-state index is 14.2. The van der Waals surface area contributed by atoms with Crippen molar-refractivity contribution in [3.8, 4) is 0 Å². The molecule has 1 fully saturated rings. The topological polar surface area (TPSA) is 135 Å². The van der Waals surface area contributed by atoms with E-state index in [1.165, 1.54) is 14.2 Å². The first kappa shape index (κ1) is 45.8. The van der Waals surface area contributed by atoms with Crippen LogP contribution in [0.5, 0.6) is 0 Å². The zero-order valence-corrected chi connectivity index (χ0v) is 34.6. The molecule has 1 aromatic rings. The minimum atomic E-state index is -0.885. The predicted octanol–water partition coefficient (Wildman–Crippen LogP) is 4.38. The molecule has 1 saturated heterocycles. The van der Waals surface area contributed by atoms with Gasteiger partial charge in [0.25, 0.3) is 0 Å². The van der Waals surface area contributed by atoms with E-state index in [0.29, 0.717) is 13.0 Å². The Labute approximate surface area is 318 Å². The van der Waals surface area contributed by atoms with Gasteiger partial charge >= 0.3 is 5.97 Å². The minimum Gasteiger partial charge on any atom is -0.467 e. The molecular weight excluding hydrogens is 676 g/mol. The van der Waals surface area contributed by atoms with Crippen LogP contribution in [0.2, 0.25) is 0 Å². The van der Waals surface area contributed by atoms with Crippen LogP contribution in [0.1, 0.15) is 86.1 Å². The molecule has 12 nitrogen and oxygen atoms in total. The van der Waals surface area contributed by atoms with Crippen molar-refractivity contribution in [2.45, 2.75) is 123 Å². The van der Waals surface area contributed by atoms with Crippen molar-refractivity contribution in [2.75, 3.05) is 49.0 Å². The second-order valence-electron chi connectivity index (χ2n) is 15.8. The third-order valence-corrected chi connectivity index (χ3v) is 11.7. The van der Waals surface area contributed by atoms with E-state index in [1.54, 1.807) is 30.9 Å². The summed E-state index contributed by atoms with van der Waals surface area (Å²) < 4.78 is 16.9. The summed E-state index contributed by atoms with van der Waals surface area (Å²) in [5.41, 5.74) is 0.156. The summed E-state index contributed by atoms with van der Waals surface area (Å²) in [6.07, 6.45) is 1.28. The Morgan fingerprint density at radius 1 is 0.943 bits per heavy atom. The molecule has 1 N–H and O–H groups in total. The quantitative estimate of drug-likeness (QED) is 0.182. The SMILES string of the molecule is CCC(C)C(C(CC(=O)N1CCCC1C(OC)C(C)C(=O)NC(Cc1ccccc1)C(=O)OC)OC)N(C)C(=O)C(CC(=O)C(C)(C)N(C)C)C(C)C. The van der Waals surface area contributed by atoms with E-state index in [9.17, 15) is 24.0 Å². The lowest BCUT2D eigenvalue weighted by Gasteiger charge is -2.41. The van der Waals surface area contributed by atoms with Crippen molar-refractivity contribution >= 4 is 29.5 Å². The predicted molar refractivity (Wildman–Crippen MR) is 206 cm³/mol. The van der Waals surface area contributed by atoms with E-state index >= 15 is 0 Å². The number of nitrogens with one attached hydrogen (secondary N) is 1. The van der Waals surface area contributed by atoms with E-state index in [2.05, 4.69) is 12.2 Å². The molecule has 53 heavy (non-hydrogen) atoms. The summed E-state index contributed by atoms with van der Waals surface area (Å²) >= 11 is 0. The molecule has 12 heteroatoms. The van der Waals surface area contributed by atoms with Crippen LogP contribution < -0.4 is 5.32 Å². The van der Waals surface area contributed by atoms with Crippen LogP contribution in [0.15, 0.2) is 30.3 Å². The Bertz CT molecular complexity index is 1350. The Morgan fingerprint density at radius 2 is 1.57 bits per heavy atom. The summed E-state index contributed by atoms with van der Waals surface area (Å²) in [7, 11) is 9.86. The molecule has 1 aliphatic heterocycles.